The van der Waals surface area contributed by atoms with Crippen LogP contribution in [0.2, 0.25) is 5.02 Å². The van der Waals surface area contributed by atoms with Crippen molar-refractivity contribution < 1.29 is 22.8 Å². The van der Waals surface area contributed by atoms with Gasteiger partial charge in [0, 0.05) is 23.7 Å². The van der Waals surface area contributed by atoms with Gasteiger partial charge in [0.05, 0.1) is 5.56 Å². The summed E-state index contributed by atoms with van der Waals surface area (Å²) in [6, 6.07) is 17.8. The highest BCUT2D eigenvalue weighted by Gasteiger charge is 2.34. The van der Waals surface area contributed by atoms with Crippen LogP contribution in [0, 0.1) is 0 Å². The van der Waals surface area contributed by atoms with E-state index in [9.17, 15) is 22.8 Å². The summed E-state index contributed by atoms with van der Waals surface area (Å²) in [4.78, 5) is 28.2. The molecule has 4 rings (SSSR count). The Morgan fingerprint density at radius 2 is 1.60 bits per heavy atom. The number of halogens is 4. The van der Waals surface area contributed by atoms with Crippen LogP contribution in [0.15, 0.2) is 72.8 Å². The van der Waals surface area contributed by atoms with Crippen molar-refractivity contribution in [3.8, 4) is 11.1 Å². The molecule has 182 valence electrons. The average molecular weight is 501 g/mol. The van der Waals surface area contributed by atoms with Gasteiger partial charge in [-0.05, 0) is 60.2 Å². The fraction of sp³-hybridized carbons (Fsp3) is 0.259. The Hall–Kier alpha value is -3.32. The predicted molar refractivity (Wildman–Crippen MR) is 129 cm³/mol. The van der Waals surface area contributed by atoms with Gasteiger partial charge < -0.3 is 10.2 Å². The van der Waals surface area contributed by atoms with Crippen LogP contribution in [0.5, 0.6) is 0 Å². The van der Waals surface area contributed by atoms with Gasteiger partial charge in [0.1, 0.15) is 6.04 Å². The fourth-order valence-corrected chi connectivity index (χ4v) is 4.45. The SMILES string of the molecule is O=C(NC1CCCCN(Cc2ccc(Cl)cc2)C1=O)c1ccccc1-c1ccccc1C(F)(F)F. The van der Waals surface area contributed by atoms with Crippen LogP contribution in [0.4, 0.5) is 13.2 Å². The number of hydrogen-bond acceptors (Lipinski definition) is 2. The van der Waals surface area contributed by atoms with E-state index in [4.69, 9.17) is 11.6 Å². The maximum Gasteiger partial charge on any atom is 0.417 e. The van der Waals surface area contributed by atoms with Crippen molar-refractivity contribution in [2.75, 3.05) is 6.54 Å². The number of hydrogen-bond donors (Lipinski definition) is 1. The van der Waals surface area contributed by atoms with E-state index in [1.807, 2.05) is 12.1 Å². The summed E-state index contributed by atoms with van der Waals surface area (Å²) >= 11 is 5.95. The van der Waals surface area contributed by atoms with Crippen molar-refractivity contribution >= 4 is 23.4 Å². The van der Waals surface area contributed by atoms with Crippen molar-refractivity contribution in [1.29, 1.82) is 0 Å². The van der Waals surface area contributed by atoms with E-state index in [1.54, 1.807) is 29.2 Å². The zero-order chi connectivity index (χ0) is 25.0. The van der Waals surface area contributed by atoms with E-state index in [0.29, 0.717) is 24.5 Å². The van der Waals surface area contributed by atoms with E-state index in [-0.39, 0.29) is 22.6 Å². The number of nitrogens with zero attached hydrogens (tertiary/aromatic N) is 1. The minimum Gasteiger partial charge on any atom is -0.340 e. The van der Waals surface area contributed by atoms with Crippen LogP contribution in [-0.2, 0) is 17.5 Å². The monoisotopic (exact) mass is 500 g/mol. The van der Waals surface area contributed by atoms with Crippen molar-refractivity contribution in [2.24, 2.45) is 0 Å². The first kappa shape index (κ1) is 24.8. The lowest BCUT2D eigenvalue weighted by atomic mass is 9.94. The van der Waals surface area contributed by atoms with Gasteiger partial charge in [0.15, 0.2) is 0 Å². The molecule has 1 unspecified atom stereocenters. The van der Waals surface area contributed by atoms with Gasteiger partial charge in [-0.3, -0.25) is 9.59 Å². The molecule has 3 aromatic carbocycles. The van der Waals surface area contributed by atoms with E-state index in [1.165, 1.54) is 30.3 Å². The average Bonchev–Trinajstić information content (AvgIpc) is 3.01. The largest absolute Gasteiger partial charge is 0.417 e. The summed E-state index contributed by atoms with van der Waals surface area (Å²) in [5, 5.41) is 3.39. The molecule has 0 radical (unpaired) electrons. The number of carbonyl (C=O) groups is 2. The highest BCUT2D eigenvalue weighted by Crippen LogP contribution is 2.38. The van der Waals surface area contributed by atoms with Gasteiger partial charge in [-0.2, -0.15) is 13.2 Å². The Bertz CT molecular complexity index is 1210. The van der Waals surface area contributed by atoms with Crippen LogP contribution in [0.1, 0.15) is 40.7 Å². The Labute approximate surface area is 206 Å². The molecule has 1 fully saturated rings. The first-order valence-corrected chi connectivity index (χ1v) is 11.7. The molecule has 1 aliphatic heterocycles. The predicted octanol–water partition coefficient (Wildman–Crippen LogP) is 6.34. The quantitative estimate of drug-likeness (QED) is 0.444. The van der Waals surface area contributed by atoms with Crippen molar-refractivity contribution in [3.63, 3.8) is 0 Å². The highest BCUT2D eigenvalue weighted by atomic mass is 35.5. The third kappa shape index (κ3) is 5.85. The third-order valence-electron chi connectivity index (χ3n) is 6.07. The summed E-state index contributed by atoms with van der Waals surface area (Å²) in [5.41, 5.74) is 0.272. The molecule has 0 bridgehead atoms. The second-order valence-electron chi connectivity index (χ2n) is 8.50. The molecule has 1 aliphatic rings. The van der Waals surface area contributed by atoms with Crippen LogP contribution in [0.25, 0.3) is 11.1 Å². The number of likely N-dealkylation sites (tertiary alicyclic amines) is 1. The van der Waals surface area contributed by atoms with Crippen LogP contribution in [0.3, 0.4) is 0 Å². The normalized spacial score (nSPS) is 16.6. The summed E-state index contributed by atoms with van der Waals surface area (Å²) in [5.74, 6) is -0.789. The molecule has 0 spiro atoms. The van der Waals surface area contributed by atoms with Crippen molar-refractivity contribution in [3.05, 3.63) is 94.5 Å². The van der Waals surface area contributed by atoms with Crippen LogP contribution >= 0.6 is 11.6 Å². The maximum absolute atomic E-state index is 13.6. The zero-order valence-corrected chi connectivity index (χ0v) is 19.6. The minimum atomic E-state index is -4.57. The maximum atomic E-state index is 13.6. The summed E-state index contributed by atoms with van der Waals surface area (Å²) < 4.78 is 40.9. The lowest BCUT2D eigenvalue weighted by Gasteiger charge is -2.25. The standard InChI is InChI=1S/C27H24ClF3N2O2/c28-19-14-12-18(13-15-19)17-33-16-6-5-11-24(26(33)35)32-25(34)22-9-2-1-7-20(22)21-8-3-4-10-23(21)27(29,30)31/h1-4,7-10,12-15,24H,5-6,11,16-17H2,(H,32,34). The second-order valence-corrected chi connectivity index (χ2v) is 8.93. The number of carbonyl (C=O) groups excluding carboxylic acids is 2. The van der Waals surface area contributed by atoms with Gasteiger partial charge in [0.2, 0.25) is 5.91 Å². The Balaban J connectivity index is 1.57. The van der Waals surface area contributed by atoms with E-state index in [0.717, 1.165) is 24.5 Å². The van der Waals surface area contributed by atoms with E-state index >= 15 is 0 Å². The lowest BCUT2D eigenvalue weighted by molar-refractivity contribution is -0.137. The van der Waals surface area contributed by atoms with Crippen molar-refractivity contribution in [1.82, 2.24) is 10.2 Å². The summed E-state index contributed by atoms with van der Waals surface area (Å²) in [6.45, 7) is 0.946. The topological polar surface area (TPSA) is 49.4 Å². The van der Waals surface area contributed by atoms with Gasteiger partial charge >= 0.3 is 6.18 Å². The van der Waals surface area contributed by atoms with Gasteiger partial charge in [-0.1, -0.05) is 60.1 Å². The molecule has 1 N–H and O–H groups in total. The van der Waals surface area contributed by atoms with Crippen LogP contribution < -0.4 is 5.32 Å². The van der Waals surface area contributed by atoms with Gasteiger partial charge in [-0.15, -0.1) is 0 Å². The van der Waals surface area contributed by atoms with E-state index in [2.05, 4.69) is 5.32 Å². The molecule has 0 aromatic heterocycles. The molecule has 1 saturated heterocycles. The summed E-state index contributed by atoms with van der Waals surface area (Å²) in [6.07, 6.45) is -2.57. The molecule has 3 aromatic rings. The Morgan fingerprint density at radius 3 is 2.31 bits per heavy atom. The van der Waals surface area contributed by atoms with Gasteiger partial charge in [-0.25, -0.2) is 0 Å². The number of alkyl halides is 3. The molecule has 35 heavy (non-hydrogen) atoms. The molecular weight excluding hydrogens is 477 g/mol. The Kier molecular flexibility index (Phi) is 7.45. The van der Waals surface area contributed by atoms with Gasteiger partial charge in [0.25, 0.3) is 5.91 Å². The Morgan fingerprint density at radius 1 is 0.943 bits per heavy atom. The summed E-state index contributed by atoms with van der Waals surface area (Å²) in [7, 11) is 0. The highest BCUT2D eigenvalue weighted by molar-refractivity contribution is 6.30. The number of rotatable bonds is 5. The first-order valence-electron chi connectivity index (χ1n) is 11.3. The number of nitrogens with one attached hydrogen (secondary N) is 1. The molecule has 0 saturated carbocycles. The number of amides is 2. The molecule has 4 nitrogen and oxygen atoms in total. The second kappa shape index (κ2) is 10.5. The smallest absolute Gasteiger partial charge is 0.340 e. The molecule has 1 heterocycles. The molecule has 0 aliphatic carbocycles. The number of benzene rings is 3. The zero-order valence-electron chi connectivity index (χ0n) is 18.8. The molecule has 1 atom stereocenters. The van der Waals surface area contributed by atoms with E-state index < -0.39 is 23.7 Å². The molecular formula is C27H24ClF3N2O2. The lowest BCUT2D eigenvalue weighted by Crippen LogP contribution is -2.47. The van der Waals surface area contributed by atoms with Crippen molar-refractivity contribution in [2.45, 2.75) is 38.0 Å². The third-order valence-corrected chi connectivity index (χ3v) is 6.32. The fourth-order valence-electron chi connectivity index (χ4n) is 4.32. The minimum absolute atomic E-state index is 0.0812. The first-order chi connectivity index (χ1) is 16.7. The van der Waals surface area contributed by atoms with Crippen LogP contribution in [-0.4, -0.2) is 29.3 Å². The molecule has 2 amide bonds. The molecule has 8 heteroatoms.